The number of esters is 1. The van der Waals surface area contributed by atoms with E-state index in [1.54, 1.807) is 23.8 Å². The standard InChI is InChI=1S/C30H52N4O5/c1-19(2)24(18-21(5)27(36)34-17-13-15-23(34)29(38)39-30(6,7)8)33(10)28(37)25(20(3)4)31-26(35)22-14-11-12-16-32(22)9/h18-20,22-25H,11-17H2,1-10H3,(H,31,35)/b21-18+/t22-,23+,24-,25+/m1/s1. The van der Waals surface area contributed by atoms with E-state index < -0.39 is 17.7 Å². The van der Waals surface area contributed by atoms with E-state index in [1.165, 1.54) is 0 Å². The van der Waals surface area contributed by atoms with Crippen LogP contribution in [0.1, 0.15) is 87.5 Å². The summed E-state index contributed by atoms with van der Waals surface area (Å²) in [6.45, 7) is 16.4. The van der Waals surface area contributed by atoms with Crippen LogP contribution in [0.3, 0.4) is 0 Å². The molecule has 0 aromatic rings. The normalized spacial score (nSPS) is 22.6. The summed E-state index contributed by atoms with van der Waals surface area (Å²) in [6, 6.07) is -1.86. The number of ether oxygens (including phenoxy) is 1. The molecule has 222 valence electrons. The summed E-state index contributed by atoms with van der Waals surface area (Å²) in [5.41, 5.74) is -0.141. The average molecular weight is 549 g/mol. The van der Waals surface area contributed by atoms with E-state index in [1.807, 2.05) is 61.6 Å². The maximum absolute atomic E-state index is 13.7. The second kappa shape index (κ2) is 13.8. The molecule has 0 unspecified atom stereocenters. The fourth-order valence-electron chi connectivity index (χ4n) is 5.47. The Morgan fingerprint density at radius 1 is 0.949 bits per heavy atom. The minimum absolute atomic E-state index is 0.0231. The Balaban J connectivity index is 2.20. The van der Waals surface area contributed by atoms with Crippen molar-refractivity contribution >= 4 is 23.7 Å². The molecular formula is C30H52N4O5. The third-order valence-corrected chi connectivity index (χ3v) is 7.73. The molecule has 2 rings (SSSR count). The van der Waals surface area contributed by atoms with Crippen molar-refractivity contribution < 1.29 is 23.9 Å². The van der Waals surface area contributed by atoms with Crippen LogP contribution in [-0.2, 0) is 23.9 Å². The van der Waals surface area contributed by atoms with Crippen molar-refractivity contribution in [1.82, 2.24) is 20.0 Å². The number of piperidine rings is 1. The molecule has 2 aliphatic heterocycles. The predicted molar refractivity (Wildman–Crippen MR) is 153 cm³/mol. The first-order valence-corrected chi connectivity index (χ1v) is 14.5. The van der Waals surface area contributed by atoms with Crippen molar-refractivity contribution in [2.75, 3.05) is 27.2 Å². The van der Waals surface area contributed by atoms with Crippen LogP contribution in [0.2, 0.25) is 0 Å². The van der Waals surface area contributed by atoms with Crippen molar-refractivity contribution in [3.63, 3.8) is 0 Å². The number of nitrogens with zero attached hydrogens (tertiary/aromatic N) is 3. The lowest BCUT2D eigenvalue weighted by molar-refractivity contribution is -0.162. The van der Waals surface area contributed by atoms with Crippen molar-refractivity contribution in [3.05, 3.63) is 11.6 Å². The van der Waals surface area contributed by atoms with E-state index in [4.69, 9.17) is 4.74 Å². The lowest BCUT2D eigenvalue weighted by atomic mass is 9.96. The Bertz CT molecular complexity index is 923. The highest BCUT2D eigenvalue weighted by atomic mass is 16.6. The zero-order valence-electron chi connectivity index (χ0n) is 25.9. The molecule has 9 nitrogen and oxygen atoms in total. The molecule has 9 heteroatoms. The molecule has 0 aliphatic carbocycles. The van der Waals surface area contributed by atoms with Crippen LogP contribution in [0.5, 0.6) is 0 Å². The van der Waals surface area contributed by atoms with Gasteiger partial charge in [0, 0.05) is 19.2 Å². The van der Waals surface area contributed by atoms with Crippen LogP contribution < -0.4 is 5.32 Å². The highest BCUT2D eigenvalue weighted by molar-refractivity contribution is 5.96. The van der Waals surface area contributed by atoms with Gasteiger partial charge in [0.05, 0.1) is 12.1 Å². The SMILES string of the molecule is C/C(=C\[C@H](C(C)C)N(C)C(=O)[C@@H](NC(=O)[C@H]1CCCCN1C)C(C)C)C(=O)N1CCC[C@H]1C(=O)OC(C)(C)C. The van der Waals surface area contributed by atoms with Gasteiger partial charge in [-0.2, -0.15) is 0 Å². The van der Waals surface area contributed by atoms with Gasteiger partial charge in [-0.3, -0.25) is 19.3 Å². The zero-order valence-corrected chi connectivity index (χ0v) is 25.9. The smallest absolute Gasteiger partial charge is 0.329 e. The van der Waals surface area contributed by atoms with Crippen molar-refractivity contribution in [2.24, 2.45) is 11.8 Å². The van der Waals surface area contributed by atoms with Crippen LogP contribution in [-0.4, -0.2) is 95.3 Å². The van der Waals surface area contributed by atoms with Crippen LogP contribution in [0.15, 0.2) is 11.6 Å². The molecule has 2 fully saturated rings. The van der Waals surface area contributed by atoms with Gasteiger partial charge in [0.1, 0.15) is 17.7 Å². The maximum atomic E-state index is 13.7. The third kappa shape index (κ3) is 8.78. The minimum atomic E-state index is -0.668. The second-order valence-electron chi connectivity index (χ2n) is 12.9. The molecule has 2 aliphatic rings. The summed E-state index contributed by atoms with van der Waals surface area (Å²) in [5, 5.41) is 3.03. The first-order valence-electron chi connectivity index (χ1n) is 14.5. The molecule has 0 aromatic carbocycles. The number of hydrogen-bond acceptors (Lipinski definition) is 6. The van der Waals surface area contributed by atoms with Crippen molar-refractivity contribution in [1.29, 1.82) is 0 Å². The third-order valence-electron chi connectivity index (χ3n) is 7.73. The van der Waals surface area contributed by atoms with Gasteiger partial charge in [0.25, 0.3) is 0 Å². The molecule has 0 radical (unpaired) electrons. The molecule has 4 atom stereocenters. The first-order chi connectivity index (χ1) is 18.0. The van der Waals surface area contributed by atoms with Gasteiger partial charge in [-0.15, -0.1) is 0 Å². The maximum Gasteiger partial charge on any atom is 0.329 e. The summed E-state index contributed by atoms with van der Waals surface area (Å²) in [6.07, 6.45) is 6.00. The Morgan fingerprint density at radius 3 is 2.10 bits per heavy atom. The monoisotopic (exact) mass is 548 g/mol. The molecule has 2 heterocycles. The molecule has 2 saturated heterocycles. The lowest BCUT2D eigenvalue weighted by Crippen LogP contribution is -2.57. The van der Waals surface area contributed by atoms with E-state index in [-0.39, 0.29) is 47.6 Å². The van der Waals surface area contributed by atoms with Gasteiger partial charge in [-0.1, -0.05) is 40.2 Å². The Morgan fingerprint density at radius 2 is 1.56 bits per heavy atom. The fraction of sp³-hybridized carbons (Fsp3) is 0.800. The zero-order chi connectivity index (χ0) is 29.7. The van der Waals surface area contributed by atoms with E-state index in [2.05, 4.69) is 10.2 Å². The Kier molecular flexibility index (Phi) is 11.6. The highest BCUT2D eigenvalue weighted by Gasteiger charge is 2.38. The predicted octanol–water partition coefficient (Wildman–Crippen LogP) is 3.37. The molecule has 0 saturated carbocycles. The Labute approximate surface area is 235 Å². The minimum Gasteiger partial charge on any atom is -0.458 e. The number of nitrogens with one attached hydrogen (secondary N) is 1. The summed E-state index contributed by atoms with van der Waals surface area (Å²) in [7, 11) is 3.68. The number of likely N-dealkylation sites (tertiary alicyclic amines) is 2. The Hall–Kier alpha value is -2.42. The van der Waals surface area contributed by atoms with Crippen molar-refractivity contribution in [2.45, 2.75) is 117 Å². The van der Waals surface area contributed by atoms with Gasteiger partial charge in [-0.25, -0.2) is 4.79 Å². The summed E-state index contributed by atoms with van der Waals surface area (Å²) < 4.78 is 5.56. The molecule has 3 amide bonds. The van der Waals surface area contributed by atoms with Gasteiger partial charge < -0.3 is 19.9 Å². The van der Waals surface area contributed by atoms with Gasteiger partial charge >= 0.3 is 5.97 Å². The number of rotatable bonds is 9. The van der Waals surface area contributed by atoms with E-state index in [0.29, 0.717) is 18.5 Å². The van der Waals surface area contributed by atoms with Crippen LogP contribution in [0, 0.1) is 11.8 Å². The van der Waals surface area contributed by atoms with Gasteiger partial charge in [-0.05, 0) is 78.8 Å². The summed E-state index contributed by atoms with van der Waals surface area (Å²) in [4.78, 5) is 58.4. The second-order valence-corrected chi connectivity index (χ2v) is 12.9. The summed E-state index contributed by atoms with van der Waals surface area (Å²) >= 11 is 0. The molecule has 0 bridgehead atoms. The van der Waals surface area contributed by atoms with Gasteiger partial charge in [0.2, 0.25) is 17.7 Å². The molecule has 0 spiro atoms. The average Bonchev–Trinajstić information content (AvgIpc) is 3.33. The molecule has 0 aromatic heterocycles. The van der Waals surface area contributed by atoms with Crippen LogP contribution in [0.4, 0.5) is 0 Å². The molecule has 1 N–H and O–H groups in total. The van der Waals surface area contributed by atoms with E-state index in [9.17, 15) is 19.2 Å². The van der Waals surface area contributed by atoms with Crippen LogP contribution >= 0.6 is 0 Å². The highest BCUT2D eigenvalue weighted by Crippen LogP contribution is 2.24. The van der Waals surface area contributed by atoms with Crippen LogP contribution in [0.25, 0.3) is 0 Å². The van der Waals surface area contributed by atoms with E-state index in [0.717, 1.165) is 32.2 Å². The fourth-order valence-corrected chi connectivity index (χ4v) is 5.47. The molecular weight excluding hydrogens is 496 g/mol. The largest absolute Gasteiger partial charge is 0.458 e. The number of likely N-dealkylation sites (N-methyl/N-ethyl adjacent to an activating group) is 2. The molecule has 39 heavy (non-hydrogen) atoms. The van der Waals surface area contributed by atoms with E-state index >= 15 is 0 Å². The number of carbonyl (C=O) groups is 4. The summed E-state index contributed by atoms with van der Waals surface area (Å²) in [5.74, 6) is -0.967. The number of carbonyl (C=O) groups excluding carboxylic acids is 4. The first kappa shape index (κ1) is 32.8. The topological polar surface area (TPSA) is 99.3 Å². The number of amides is 3. The lowest BCUT2D eigenvalue weighted by Gasteiger charge is -2.36. The van der Waals surface area contributed by atoms with Gasteiger partial charge in [0.15, 0.2) is 0 Å². The van der Waals surface area contributed by atoms with Crippen molar-refractivity contribution in [3.8, 4) is 0 Å². The number of hydrogen-bond donors (Lipinski definition) is 1. The quantitative estimate of drug-likeness (QED) is 0.350.